The Bertz CT molecular complexity index is 710. The van der Waals surface area contributed by atoms with Gasteiger partial charge in [0.15, 0.2) is 5.16 Å². The van der Waals surface area contributed by atoms with Gasteiger partial charge in [0.1, 0.15) is 10.8 Å². The lowest BCUT2D eigenvalue weighted by Gasteiger charge is -2.09. The highest BCUT2D eigenvalue weighted by atomic mass is 32.2. The van der Waals surface area contributed by atoms with Crippen LogP contribution < -0.4 is 5.69 Å². The number of carboxylic acids is 1. The van der Waals surface area contributed by atoms with Crippen molar-refractivity contribution in [3.8, 4) is 0 Å². The number of aromatic amines is 1. The lowest BCUT2D eigenvalue weighted by atomic mass is 10.3. The molecule has 0 aliphatic carbocycles. The third kappa shape index (κ3) is 2.72. The molecular formula is C11H11FN4O3S. The van der Waals surface area contributed by atoms with E-state index in [1.165, 1.54) is 4.57 Å². The monoisotopic (exact) mass is 298 g/mol. The minimum absolute atomic E-state index is 0.0693. The topological polar surface area (TPSA) is 101 Å². The van der Waals surface area contributed by atoms with Gasteiger partial charge >= 0.3 is 11.7 Å². The maximum absolute atomic E-state index is 13.0. The number of carboxylic acid groups (broad SMARTS) is 1. The Labute approximate surface area is 116 Å². The van der Waals surface area contributed by atoms with Gasteiger partial charge in [-0.25, -0.2) is 24.1 Å². The highest BCUT2D eigenvalue weighted by Crippen LogP contribution is 2.28. The van der Waals surface area contributed by atoms with E-state index in [1.807, 2.05) is 0 Å². The molecule has 2 heterocycles. The van der Waals surface area contributed by atoms with Crippen molar-refractivity contribution in [2.75, 3.05) is 0 Å². The number of aromatic nitrogens is 4. The van der Waals surface area contributed by atoms with Crippen molar-refractivity contribution in [3.63, 3.8) is 0 Å². The number of halogens is 1. The molecule has 2 aromatic heterocycles. The summed E-state index contributed by atoms with van der Waals surface area (Å²) in [6.45, 7) is 3.58. The first-order chi connectivity index (χ1) is 9.40. The van der Waals surface area contributed by atoms with Crippen LogP contribution in [0.5, 0.6) is 0 Å². The fourth-order valence-corrected chi connectivity index (χ4v) is 2.58. The average molecular weight is 298 g/mol. The summed E-state index contributed by atoms with van der Waals surface area (Å²) in [6.07, 6.45) is 0.916. The minimum Gasteiger partial charge on any atom is -0.478 e. The van der Waals surface area contributed by atoms with E-state index >= 15 is 0 Å². The van der Waals surface area contributed by atoms with Gasteiger partial charge in [-0.05, 0) is 31.7 Å². The molecule has 0 radical (unpaired) electrons. The van der Waals surface area contributed by atoms with E-state index in [1.54, 1.807) is 13.8 Å². The average Bonchev–Trinajstić information content (AvgIpc) is 2.72. The molecule has 0 atom stereocenters. The van der Waals surface area contributed by atoms with Crippen LogP contribution in [0.2, 0.25) is 0 Å². The third-order valence-electron chi connectivity index (χ3n) is 2.42. The van der Waals surface area contributed by atoms with Gasteiger partial charge < -0.3 is 5.11 Å². The number of nitrogens with one attached hydrogen (secondary N) is 1. The van der Waals surface area contributed by atoms with E-state index in [4.69, 9.17) is 5.11 Å². The molecule has 0 unspecified atom stereocenters. The molecule has 0 saturated carbocycles. The zero-order valence-corrected chi connectivity index (χ0v) is 11.4. The number of nitrogens with zero attached hydrogens (tertiary/aromatic N) is 3. The highest BCUT2D eigenvalue weighted by Gasteiger charge is 2.19. The van der Waals surface area contributed by atoms with Gasteiger partial charge in [0.25, 0.3) is 0 Å². The Morgan fingerprint density at radius 1 is 1.55 bits per heavy atom. The van der Waals surface area contributed by atoms with Gasteiger partial charge in [0.2, 0.25) is 0 Å². The second kappa shape index (κ2) is 5.45. The third-order valence-corrected chi connectivity index (χ3v) is 3.41. The zero-order chi connectivity index (χ0) is 14.9. The number of H-pyrrole nitrogens is 1. The molecule has 2 N–H and O–H groups in total. The Morgan fingerprint density at radius 3 is 2.85 bits per heavy atom. The molecule has 0 aliphatic heterocycles. The SMILES string of the molecule is CC(C)n1c(Sc2ncc(F)cc2C(=O)O)n[nH]c1=O. The number of carbonyl (C=O) groups is 1. The lowest BCUT2D eigenvalue weighted by Crippen LogP contribution is -2.19. The minimum atomic E-state index is -1.30. The Hall–Kier alpha value is -2.16. The van der Waals surface area contributed by atoms with Crippen LogP contribution in [0.4, 0.5) is 4.39 Å². The largest absolute Gasteiger partial charge is 0.478 e. The fourth-order valence-electron chi connectivity index (χ4n) is 1.57. The molecule has 2 aromatic rings. The lowest BCUT2D eigenvalue weighted by molar-refractivity contribution is 0.0691. The Morgan fingerprint density at radius 2 is 2.25 bits per heavy atom. The van der Waals surface area contributed by atoms with Crippen LogP contribution >= 0.6 is 11.8 Å². The highest BCUT2D eigenvalue weighted by molar-refractivity contribution is 7.99. The number of aromatic carboxylic acids is 1. The van der Waals surface area contributed by atoms with Crippen LogP contribution in [0.3, 0.4) is 0 Å². The summed E-state index contributed by atoms with van der Waals surface area (Å²) in [4.78, 5) is 26.4. The molecule has 0 aliphatic rings. The standard InChI is InChI=1S/C11H11FN4O3S/c1-5(2)16-10(19)14-15-11(16)20-8-7(9(17)18)3-6(12)4-13-8/h3-5H,1-2H3,(H,14,19)(H,17,18). The molecule has 2 rings (SSSR count). The zero-order valence-electron chi connectivity index (χ0n) is 10.6. The van der Waals surface area contributed by atoms with Gasteiger partial charge in [0, 0.05) is 6.04 Å². The normalized spacial score (nSPS) is 11.0. The summed E-state index contributed by atoms with van der Waals surface area (Å²) in [7, 11) is 0. The first kappa shape index (κ1) is 14.3. The van der Waals surface area contributed by atoms with Gasteiger partial charge in [-0.1, -0.05) is 0 Å². The van der Waals surface area contributed by atoms with Crippen molar-refractivity contribution < 1.29 is 14.3 Å². The first-order valence-electron chi connectivity index (χ1n) is 5.63. The molecule has 20 heavy (non-hydrogen) atoms. The van der Waals surface area contributed by atoms with Crippen LogP contribution in [0, 0.1) is 5.82 Å². The van der Waals surface area contributed by atoms with Crippen LogP contribution in [0.25, 0.3) is 0 Å². The molecule has 9 heteroatoms. The predicted octanol–water partition coefficient (Wildman–Crippen LogP) is 1.54. The molecule has 0 spiro atoms. The van der Waals surface area contributed by atoms with Gasteiger partial charge in [-0.15, -0.1) is 5.10 Å². The molecular weight excluding hydrogens is 287 g/mol. The predicted molar refractivity (Wildman–Crippen MR) is 68.5 cm³/mol. The summed E-state index contributed by atoms with van der Waals surface area (Å²) >= 11 is 0.889. The van der Waals surface area contributed by atoms with Crippen LogP contribution in [-0.4, -0.2) is 30.8 Å². The summed E-state index contributed by atoms with van der Waals surface area (Å²) in [6, 6.07) is 0.722. The van der Waals surface area contributed by atoms with E-state index in [9.17, 15) is 14.0 Å². The number of hydrogen-bond acceptors (Lipinski definition) is 5. The smallest absolute Gasteiger partial charge is 0.344 e. The van der Waals surface area contributed by atoms with Crippen LogP contribution in [-0.2, 0) is 0 Å². The van der Waals surface area contributed by atoms with Crippen molar-refractivity contribution in [1.82, 2.24) is 19.7 Å². The van der Waals surface area contributed by atoms with Gasteiger partial charge in [-0.2, -0.15) is 0 Å². The van der Waals surface area contributed by atoms with Crippen molar-refractivity contribution >= 4 is 17.7 Å². The number of rotatable bonds is 4. The first-order valence-corrected chi connectivity index (χ1v) is 6.45. The van der Waals surface area contributed by atoms with Crippen LogP contribution in [0.15, 0.2) is 27.2 Å². The van der Waals surface area contributed by atoms with Crippen molar-refractivity contribution in [2.24, 2.45) is 0 Å². The number of pyridine rings is 1. The molecule has 0 bridgehead atoms. The van der Waals surface area contributed by atoms with E-state index in [0.29, 0.717) is 0 Å². The van der Waals surface area contributed by atoms with E-state index in [0.717, 1.165) is 24.0 Å². The van der Waals surface area contributed by atoms with Crippen molar-refractivity contribution in [3.05, 3.63) is 34.1 Å². The van der Waals surface area contributed by atoms with Crippen LogP contribution in [0.1, 0.15) is 30.2 Å². The van der Waals surface area contributed by atoms with E-state index in [2.05, 4.69) is 15.2 Å². The molecule has 7 nitrogen and oxygen atoms in total. The van der Waals surface area contributed by atoms with Gasteiger partial charge in [0.05, 0.1) is 11.8 Å². The quantitative estimate of drug-likeness (QED) is 0.887. The second-order valence-electron chi connectivity index (χ2n) is 4.19. The molecule has 106 valence electrons. The Kier molecular flexibility index (Phi) is 3.89. The molecule has 0 saturated heterocycles. The van der Waals surface area contributed by atoms with Crippen molar-refractivity contribution in [1.29, 1.82) is 0 Å². The number of hydrogen-bond donors (Lipinski definition) is 2. The summed E-state index contributed by atoms with van der Waals surface area (Å²) in [5, 5.41) is 15.5. The molecule has 0 fully saturated rings. The maximum atomic E-state index is 13.0. The fraction of sp³-hybridized carbons (Fsp3) is 0.273. The summed E-state index contributed by atoms with van der Waals surface area (Å²) in [5.41, 5.74) is -0.678. The summed E-state index contributed by atoms with van der Waals surface area (Å²) < 4.78 is 14.4. The summed E-state index contributed by atoms with van der Waals surface area (Å²) in [5.74, 6) is -2.04. The maximum Gasteiger partial charge on any atom is 0.344 e. The van der Waals surface area contributed by atoms with Crippen molar-refractivity contribution in [2.45, 2.75) is 30.1 Å². The Balaban J connectivity index is 2.45. The van der Waals surface area contributed by atoms with E-state index in [-0.39, 0.29) is 21.8 Å². The second-order valence-corrected chi connectivity index (χ2v) is 5.14. The molecule has 0 aromatic carbocycles. The van der Waals surface area contributed by atoms with E-state index < -0.39 is 17.5 Å². The van der Waals surface area contributed by atoms with Gasteiger partial charge in [-0.3, -0.25) is 4.57 Å². The molecule has 0 amide bonds.